The number of piperidine rings is 1. The molecular weight excluding hydrogens is 1350 g/mol. The van der Waals surface area contributed by atoms with Crippen LogP contribution in [-0.4, -0.2) is 223 Å². The first kappa shape index (κ1) is 78.8. The van der Waals surface area contributed by atoms with Crippen molar-refractivity contribution in [2.45, 2.75) is 238 Å². The first-order valence-electron chi connectivity index (χ1n) is 36.6. The number of hydrogen-bond acceptors (Lipinski definition) is 19. The average Bonchev–Trinajstić information content (AvgIpc) is 1.79. The Balaban J connectivity index is 1.02. The number of aliphatic carboxylic acids is 1. The predicted octanol–water partition coefficient (Wildman–Crippen LogP) is -0.381. The van der Waals surface area contributed by atoms with Crippen LogP contribution in [0.4, 0.5) is 8.78 Å². The molecule has 3 aliphatic carbocycles. The number of carboxylic acids is 1. The van der Waals surface area contributed by atoms with Gasteiger partial charge in [-0.15, -0.1) is 0 Å². The Labute approximate surface area is 597 Å². The maximum Gasteiger partial charge on any atom is 0.305 e. The molecule has 562 valence electrons. The molecule has 10 amide bonds. The zero-order valence-electron chi connectivity index (χ0n) is 57.7. The number of thioether (sulfide) groups is 2. The van der Waals surface area contributed by atoms with Gasteiger partial charge in [-0.25, -0.2) is 8.78 Å². The van der Waals surface area contributed by atoms with Gasteiger partial charge in [0, 0.05) is 67.3 Å². The van der Waals surface area contributed by atoms with Gasteiger partial charge in [0.25, 0.3) is 0 Å². The third kappa shape index (κ3) is 23.6. The van der Waals surface area contributed by atoms with Gasteiger partial charge in [0.1, 0.15) is 60.7 Å². The van der Waals surface area contributed by atoms with Gasteiger partial charge < -0.3 is 90.4 Å². The van der Waals surface area contributed by atoms with Crippen molar-refractivity contribution < 1.29 is 71.7 Å². The van der Waals surface area contributed by atoms with E-state index < -0.39 is 157 Å². The molecule has 2 bridgehead atoms. The zero-order valence-corrected chi connectivity index (χ0v) is 59.3. The van der Waals surface area contributed by atoms with Gasteiger partial charge in [0.05, 0.1) is 19.1 Å². The number of nitrogens with zero attached hydrogens (tertiary/aromatic N) is 1. The Kier molecular flexibility index (Phi) is 30.4. The topological polar surface area (TPSA) is 428 Å². The molecule has 101 heavy (non-hydrogen) atoms. The summed E-state index contributed by atoms with van der Waals surface area (Å²) in [5, 5.41) is 56.2. The standard InChI is InChI=1S/C69H107F2N15O13S2/c70-43-12-16-49-47(26-43)41(30-75-49)24-52-64(94)81-53(25-42-31-76-50-17-13-44(71)27-48(42)50)65(95)83-55(29-61(90)91)67(97)82-54(28-45-32-74-37-78-45)66(96)84-56(23-38-10-14-46(87)15-11-38)69(99)86-20-4-2-9-58(86)68(98)85-57(62(73)92)36-101-35-40-7-5-6-39(22-40)34-100-21-18-59(88)79-51(8-1-3-19-72)63(93)77-33-60(89)80-52/h5-7,22,38,41-58,74-76,78,87H,1-4,8-21,23-37,72H2,(H2,73,92)(H,77,93)(H,79,88)(H,80,89)(H,81,94)(H,82,97)(H,83,95)(H,84,96)(H,85,98)(H,90,91)/t38?,41?,42?,43?,44?,45?,46?,47?,48?,49?,50?,51-,52-,53-,54-,55-,56-,57-,58-/m0/s1. The van der Waals surface area contributed by atoms with Gasteiger partial charge in [-0.2, -0.15) is 23.5 Å². The highest BCUT2D eigenvalue weighted by Gasteiger charge is 2.47. The molecular formula is C69H107F2N15O13S2. The van der Waals surface area contributed by atoms with E-state index in [1.807, 2.05) is 24.3 Å². The van der Waals surface area contributed by atoms with E-state index in [9.17, 15) is 43.8 Å². The van der Waals surface area contributed by atoms with Crippen LogP contribution in [0.25, 0.3) is 0 Å². The third-order valence-electron chi connectivity index (χ3n) is 21.7. The SMILES string of the molecule is NCCCC[C@@H]1NC(=O)CCSCc2cccc(c2)CSC[C@@H](C(N)=O)NC(=O)[C@@H]2CCCCN2C(=O)[C@H](CC2CCC(O)CC2)NC(=O)[C@H](CC2CNCN2)NC(=O)[C@H](CC(=O)O)NC(=O)[C@H](CC2CNC3CCC(F)CC23)NC(=O)[C@H](CC2CNC3CCC(F)CC23)NC(=O)CNC1=O. The molecule has 0 spiro atoms. The number of rotatable bonds is 15. The van der Waals surface area contributed by atoms with Crippen LogP contribution >= 0.6 is 23.5 Å². The van der Waals surface area contributed by atoms with E-state index in [0.717, 1.165) is 11.1 Å². The lowest BCUT2D eigenvalue weighted by Gasteiger charge is -2.39. The summed E-state index contributed by atoms with van der Waals surface area (Å²) < 4.78 is 30.5. The summed E-state index contributed by atoms with van der Waals surface area (Å²) in [6.07, 6.45) is 2.58. The molecule has 9 rings (SSSR count). The summed E-state index contributed by atoms with van der Waals surface area (Å²) in [5.74, 6) is -9.22. The Hall–Kier alpha value is -6.29. The van der Waals surface area contributed by atoms with E-state index in [4.69, 9.17) is 11.5 Å². The molecule has 5 heterocycles. The molecule has 17 atom stereocenters. The van der Waals surface area contributed by atoms with Gasteiger partial charge >= 0.3 is 5.97 Å². The second-order valence-electron chi connectivity index (χ2n) is 29.1. The number of nitrogens with two attached hydrogens (primary N) is 2. The van der Waals surface area contributed by atoms with Crippen molar-refractivity contribution in [3.8, 4) is 0 Å². The number of benzene rings is 1. The molecule has 1 aromatic carbocycles. The second-order valence-corrected chi connectivity index (χ2v) is 31.2. The first-order valence-corrected chi connectivity index (χ1v) is 38.9. The highest BCUT2D eigenvalue weighted by molar-refractivity contribution is 7.98. The fourth-order valence-electron chi connectivity index (χ4n) is 16.1. The fraction of sp³-hybridized carbons (Fsp3) is 0.754. The summed E-state index contributed by atoms with van der Waals surface area (Å²) in [6, 6.07) is -3.76. The van der Waals surface area contributed by atoms with Crippen molar-refractivity contribution in [2.24, 2.45) is 41.1 Å². The van der Waals surface area contributed by atoms with Crippen molar-refractivity contribution in [1.82, 2.24) is 68.7 Å². The Morgan fingerprint density at radius 2 is 1.20 bits per heavy atom. The van der Waals surface area contributed by atoms with Crippen LogP contribution in [0.1, 0.15) is 152 Å². The first-order chi connectivity index (χ1) is 48.6. The maximum atomic E-state index is 15.3. The number of alkyl halides is 2. The van der Waals surface area contributed by atoms with Crippen molar-refractivity contribution in [1.29, 1.82) is 0 Å². The molecule has 3 saturated carbocycles. The Bertz CT molecular complexity index is 3030. The lowest BCUT2D eigenvalue weighted by atomic mass is 9.76. The van der Waals surface area contributed by atoms with Crippen LogP contribution in [0.15, 0.2) is 24.3 Å². The number of unbranched alkanes of at least 4 members (excludes halogenated alkanes) is 1. The Morgan fingerprint density at radius 1 is 0.604 bits per heavy atom. The summed E-state index contributed by atoms with van der Waals surface area (Å²) >= 11 is 2.87. The number of hydrogen-bond donors (Lipinski definition) is 16. The molecule has 28 nitrogen and oxygen atoms in total. The number of halogens is 2. The number of carbonyl (C=O) groups excluding carboxylic acids is 10. The summed E-state index contributed by atoms with van der Waals surface area (Å²) in [6.45, 7) is 1.18. The van der Waals surface area contributed by atoms with Gasteiger partial charge in [-0.1, -0.05) is 24.3 Å². The summed E-state index contributed by atoms with van der Waals surface area (Å²) in [5.41, 5.74) is 13.6. The normalized spacial score (nSPS) is 34.8. The second kappa shape index (κ2) is 39.0. The minimum absolute atomic E-state index is 0.0410. The minimum Gasteiger partial charge on any atom is -0.481 e. The number of carboxylic acid groups (broad SMARTS) is 1. The fourth-order valence-corrected chi connectivity index (χ4v) is 18.0. The van der Waals surface area contributed by atoms with Crippen LogP contribution in [0.3, 0.4) is 0 Å². The average molecular weight is 1460 g/mol. The predicted molar refractivity (Wildman–Crippen MR) is 375 cm³/mol. The molecule has 4 saturated heterocycles. The number of aliphatic hydroxyl groups is 1. The van der Waals surface area contributed by atoms with Gasteiger partial charge in [0.2, 0.25) is 59.1 Å². The number of nitrogens with one attached hydrogen (secondary N) is 12. The van der Waals surface area contributed by atoms with Crippen molar-refractivity contribution >= 4 is 88.6 Å². The van der Waals surface area contributed by atoms with Crippen molar-refractivity contribution in [2.75, 3.05) is 57.4 Å². The molecule has 1 aromatic rings. The maximum absolute atomic E-state index is 15.3. The quantitative estimate of drug-likeness (QED) is 0.0995. The monoisotopic (exact) mass is 1460 g/mol. The van der Waals surface area contributed by atoms with E-state index in [1.165, 1.54) is 28.4 Å². The summed E-state index contributed by atoms with van der Waals surface area (Å²) in [7, 11) is 0. The lowest BCUT2D eigenvalue weighted by Crippen LogP contribution is -2.62. The van der Waals surface area contributed by atoms with Crippen LogP contribution in [0, 0.1) is 29.6 Å². The van der Waals surface area contributed by atoms with Gasteiger partial charge in [0.15, 0.2) is 0 Å². The molecule has 8 aliphatic rings. The highest BCUT2D eigenvalue weighted by Crippen LogP contribution is 2.40. The van der Waals surface area contributed by atoms with E-state index in [0.29, 0.717) is 127 Å². The molecule has 0 aromatic heterocycles. The number of carbonyl (C=O) groups is 11. The van der Waals surface area contributed by atoms with Crippen LogP contribution in [-0.2, 0) is 64.2 Å². The molecule has 18 N–H and O–H groups in total. The van der Waals surface area contributed by atoms with Crippen LogP contribution in [0.2, 0.25) is 0 Å². The molecule has 9 unspecified atom stereocenters. The zero-order chi connectivity index (χ0) is 72.1. The minimum atomic E-state index is -1.90. The number of amides is 10. The van der Waals surface area contributed by atoms with Crippen molar-refractivity contribution in [3.63, 3.8) is 0 Å². The highest BCUT2D eigenvalue weighted by atomic mass is 32.2. The molecule has 7 fully saturated rings. The molecule has 5 aliphatic heterocycles. The van der Waals surface area contributed by atoms with Crippen LogP contribution < -0.4 is 75.3 Å². The lowest BCUT2D eigenvalue weighted by molar-refractivity contribution is -0.146. The van der Waals surface area contributed by atoms with E-state index >= 15 is 28.0 Å². The van der Waals surface area contributed by atoms with Gasteiger partial charge in [-0.3, -0.25) is 52.7 Å². The Morgan fingerprint density at radius 3 is 1.81 bits per heavy atom. The smallest absolute Gasteiger partial charge is 0.305 e. The van der Waals surface area contributed by atoms with Crippen LogP contribution in [0.5, 0.6) is 0 Å². The number of aliphatic hydroxyl groups excluding tert-OH is 1. The number of fused-ring (bicyclic) bond motifs is 5. The van der Waals surface area contributed by atoms with E-state index in [2.05, 4.69) is 63.8 Å². The molecule has 0 radical (unpaired) electrons. The summed E-state index contributed by atoms with van der Waals surface area (Å²) in [4.78, 5) is 159. The number of primary amides is 1. The third-order valence-corrected chi connectivity index (χ3v) is 23.8. The van der Waals surface area contributed by atoms with Gasteiger partial charge in [-0.05, 0) is 189 Å². The van der Waals surface area contributed by atoms with Crippen molar-refractivity contribution in [3.05, 3.63) is 35.4 Å². The van der Waals surface area contributed by atoms with E-state index in [1.54, 1.807) is 0 Å². The molecule has 32 heteroatoms. The van der Waals surface area contributed by atoms with E-state index in [-0.39, 0.29) is 106 Å². The largest absolute Gasteiger partial charge is 0.481 e.